The van der Waals surface area contributed by atoms with Gasteiger partial charge in [0.25, 0.3) is 0 Å². The zero-order chi connectivity index (χ0) is 17.1. The number of ether oxygens (including phenoxy) is 4. The Morgan fingerprint density at radius 2 is 1.38 bits per heavy atom. The molecule has 0 radical (unpaired) electrons. The third-order valence-corrected chi connectivity index (χ3v) is 1.48. The summed E-state index contributed by atoms with van der Waals surface area (Å²) in [6.07, 6.45) is -0.364. The molecule has 0 rings (SSSR count). The summed E-state index contributed by atoms with van der Waals surface area (Å²) in [5.74, 6) is -0.742. The zero-order valence-corrected chi connectivity index (χ0v) is 13.5. The van der Waals surface area contributed by atoms with Gasteiger partial charge in [0.1, 0.15) is 12.7 Å². The second-order valence-corrected chi connectivity index (χ2v) is 3.66. The van der Waals surface area contributed by atoms with E-state index in [1.165, 1.54) is 13.8 Å². The summed E-state index contributed by atoms with van der Waals surface area (Å²) >= 11 is 0. The van der Waals surface area contributed by atoms with E-state index in [2.05, 4.69) is 18.9 Å². The fourth-order valence-electron chi connectivity index (χ4n) is 0.735. The minimum Gasteiger partial charge on any atom is -0.462 e. The first-order valence-corrected chi connectivity index (χ1v) is 6.35. The van der Waals surface area contributed by atoms with E-state index in [1.54, 1.807) is 21.1 Å². The molecule has 0 heterocycles. The molecule has 8 nitrogen and oxygen atoms in total. The Morgan fingerprint density at radius 1 is 0.952 bits per heavy atom. The highest BCUT2D eigenvalue weighted by molar-refractivity contribution is 5.67. The van der Waals surface area contributed by atoms with E-state index >= 15 is 0 Å². The Bertz CT molecular complexity index is 222. The van der Waals surface area contributed by atoms with Crippen molar-refractivity contribution < 1.29 is 38.7 Å². The monoisotopic (exact) mass is 312 g/mol. The van der Waals surface area contributed by atoms with Gasteiger partial charge in [-0.15, -0.1) is 0 Å². The van der Waals surface area contributed by atoms with Crippen LogP contribution in [0.4, 0.5) is 0 Å². The molecule has 8 heteroatoms. The maximum absolute atomic E-state index is 10.3. The number of rotatable bonds is 7. The molecule has 21 heavy (non-hydrogen) atoms. The van der Waals surface area contributed by atoms with Gasteiger partial charge in [0.15, 0.2) is 0 Å². The maximum Gasteiger partial charge on any atom is 0.303 e. The van der Waals surface area contributed by atoms with Crippen molar-refractivity contribution in [3.63, 3.8) is 0 Å². The molecule has 0 saturated carbocycles. The number of aliphatic hydroxyl groups is 2. The Morgan fingerprint density at radius 3 is 1.57 bits per heavy atom. The van der Waals surface area contributed by atoms with Gasteiger partial charge in [0.2, 0.25) is 0 Å². The van der Waals surface area contributed by atoms with Gasteiger partial charge in [-0.05, 0) is 6.92 Å². The molecule has 0 aromatic carbocycles. The van der Waals surface area contributed by atoms with Gasteiger partial charge in [-0.25, -0.2) is 0 Å². The summed E-state index contributed by atoms with van der Waals surface area (Å²) in [7, 11) is 3.10. The number of carbonyl (C=O) groups is 2. The van der Waals surface area contributed by atoms with Gasteiger partial charge in [0.05, 0.1) is 26.4 Å². The average Bonchev–Trinajstić information content (AvgIpc) is 2.39. The van der Waals surface area contributed by atoms with Gasteiger partial charge in [-0.2, -0.15) is 0 Å². The summed E-state index contributed by atoms with van der Waals surface area (Å²) in [4.78, 5) is 20.6. The van der Waals surface area contributed by atoms with E-state index in [0.717, 1.165) is 0 Å². The van der Waals surface area contributed by atoms with Crippen LogP contribution in [0.15, 0.2) is 0 Å². The number of hydrogen-bond acceptors (Lipinski definition) is 8. The topological polar surface area (TPSA) is 112 Å². The molecule has 0 aliphatic rings. The lowest BCUT2D eigenvalue weighted by molar-refractivity contribution is -0.155. The van der Waals surface area contributed by atoms with Crippen molar-refractivity contribution in [2.45, 2.75) is 26.9 Å². The quantitative estimate of drug-likeness (QED) is 0.619. The number of esters is 2. The normalized spacial score (nSPS) is 10.2. The fourth-order valence-corrected chi connectivity index (χ4v) is 0.735. The van der Waals surface area contributed by atoms with Crippen LogP contribution in [0, 0.1) is 0 Å². The number of methoxy groups -OCH3 is 2. The highest BCUT2D eigenvalue weighted by Crippen LogP contribution is 1.92. The van der Waals surface area contributed by atoms with E-state index < -0.39 is 0 Å². The molecule has 1 unspecified atom stereocenters. The van der Waals surface area contributed by atoms with Gasteiger partial charge in [0, 0.05) is 28.1 Å². The molecule has 0 fully saturated rings. The zero-order valence-electron chi connectivity index (χ0n) is 13.5. The van der Waals surface area contributed by atoms with Gasteiger partial charge in [-0.1, -0.05) is 0 Å². The molecule has 0 amide bonds. The second kappa shape index (κ2) is 21.1. The standard InChI is InChI=1S/C7H12O4.2C3H8O2/c1-5(11-7(3)9)4-10-6(2)8;2*1-5-3-2-4/h5H,4H2,1-3H3;2*4H,2-3H2,1H3. The van der Waals surface area contributed by atoms with Crippen LogP contribution in [0.5, 0.6) is 0 Å². The van der Waals surface area contributed by atoms with Gasteiger partial charge < -0.3 is 29.2 Å². The van der Waals surface area contributed by atoms with Crippen LogP contribution in [0.1, 0.15) is 20.8 Å². The Hall–Kier alpha value is -1.22. The predicted molar refractivity (Wildman–Crippen MR) is 75.8 cm³/mol. The molecule has 128 valence electrons. The minimum atomic E-state index is -0.371. The van der Waals surface area contributed by atoms with Gasteiger partial charge in [-0.3, -0.25) is 9.59 Å². The van der Waals surface area contributed by atoms with E-state index in [9.17, 15) is 9.59 Å². The largest absolute Gasteiger partial charge is 0.462 e. The van der Waals surface area contributed by atoms with Crippen molar-refractivity contribution >= 4 is 11.9 Å². The number of hydrogen-bond donors (Lipinski definition) is 2. The molecular weight excluding hydrogens is 284 g/mol. The average molecular weight is 312 g/mol. The lowest BCUT2D eigenvalue weighted by Crippen LogP contribution is -2.19. The van der Waals surface area contributed by atoms with Crippen molar-refractivity contribution in [2.75, 3.05) is 47.3 Å². The van der Waals surface area contributed by atoms with Crippen LogP contribution in [0.25, 0.3) is 0 Å². The predicted octanol–water partition coefficient (Wildman–Crippen LogP) is -0.249. The Labute approximate surface area is 125 Å². The van der Waals surface area contributed by atoms with Crippen molar-refractivity contribution in [1.82, 2.24) is 0 Å². The van der Waals surface area contributed by atoms with E-state index in [1.807, 2.05) is 0 Å². The van der Waals surface area contributed by atoms with Crippen LogP contribution in [0.3, 0.4) is 0 Å². The summed E-state index contributed by atoms with van der Waals surface area (Å²) in [6.45, 7) is 5.52. The second-order valence-electron chi connectivity index (χ2n) is 3.66. The van der Waals surface area contributed by atoms with E-state index in [-0.39, 0.29) is 37.9 Å². The van der Waals surface area contributed by atoms with Crippen molar-refractivity contribution in [2.24, 2.45) is 0 Å². The molecule has 2 N–H and O–H groups in total. The molecule has 0 aliphatic heterocycles. The first-order valence-electron chi connectivity index (χ1n) is 6.35. The summed E-state index contributed by atoms with van der Waals surface area (Å²) in [6, 6.07) is 0. The van der Waals surface area contributed by atoms with E-state index in [4.69, 9.17) is 10.2 Å². The molecular formula is C13H28O8. The number of carbonyl (C=O) groups excluding carboxylic acids is 2. The third-order valence-electron chi connectivity index (χ3n) is 1.48. The minimum absolute atomic E-state index is 0.120. The molecule has 0 aromatic rings. The molecule has 0 spiro atoms. The SMILES string of the molecule is CC(=O)OCC(C)OC(C)=O.COCCO.COCCO. The van der Waals surface area contributed by atoms with Crippen molar-refractivity contribution in [3.8, 4) is 0 Å². The molecule has 0 saturated heterocycles. The molecule has 0 bridgehead atoms. The highest BCUT2D eigenvalue weighted by atomic mass is 16.6. The van der Waals surface area contributed by atoms with Gasteiger partial charge >= 0.3 is 11.9 Å². The Kier molecular flexibility index (Phi) is 24.9. The van der Waals surface area contributed by atoms with Crippen LogP contribution in [0.2, 0.25) is 0 Å². The third kappa shape index (κ3) is 38.1. The summed E-state index contributed by atoms with van der Waals surface area (Å²) in [5, 5.41) is 15.9. The fraction of sp³-hybridized carbons (Fsp3) is 0.846. The maximum atomic E-state index is 10.3. The van der Waals surface area contributed by atoms with E-state index in [0.29, 0.717) is 13.2 Å². The van der Waals surface area contributed by atoms with Crippen LogP contribution >= 0.6 is 0 Å². The first-order chi connectivity index (χ1) is 9.85. The highest BCUT2D eigenvalue weighted by Gasteiger charge is 2.06. The molecule has 0 aliphatic carbocycles. The van der Waals surface area contributed by atoms with Crippen LogP contribution < -0.4 is 0 Å². The lowest BCUT2D eigenvalue weighted by atomic mass is 10.4. The number of aliphatic hydroxyl groups excluding tert-OH is 2. The Balaban J connectivity index is -0.000000270. The van der Waals surface area contributed by atoms with Crippen molar-refractivity contribution in [3.05, 3.63) is 0 Å². The van der Waals surface area contributed by atoms with Crippen LogP contribution in [-0.2, 0) is 28.5 Å². The summed E-state index contributed by atoms with van der Waals surface area (Å²) in [5.41, 5.74) is 0. The van der Waals surface area contributed by atoms with Crippen LogP contribution in [-0.4, -0.2) is 75.5 Å². The summed E-state index contributed by atoms with van der Waals surface area (Å²) < 4.78 is 18.2. The lowest BCUT2D eigenvalue weighted by Gasteiger charge is -2.10. The first kappa shape index (κ1) is 24.8. The smallest absolute Gasteiger partial charge is 0.303 e. The van der Waals surface area contributed by atoms with Crippen molar-refractivity contribution in [1.29, 1.82) is 0 Å². The molecule has 1 atom stereocenters. The molecule has 0 aromatic heterocycles.